The number of fused-ring (bicyclic) bond motifs is 1. The highest BCUT2D eigenvalue weighted by atomic mass is 32.2. The lowest BCUT2D eigenvalue weighted by Crippen LogP contribution is -2.37. The minimum absolute atomic E-state index is 0.256. The zero-order chi connectivity index (χ0) is 14.4. The summed E-state index contributed by atoms with van der Waals surface area (Å²) in [4.78, 5) is 4.84. The van der Waals surface area contributed by atoms with Gasteiger partial charge >= 0.3 is 0 Å². The molecule has 1 aromatic carbocycles. The Morgan fingerprint density at radius 1 is 1.25 bits per heavy atom. The van der Waals surface area contributed by atoms with Gasteiger partial charge in [-0.1, -0.05) is 18.2 Å². The van der Waals surface area contributed by atoms with Crippen molar-refractivity contribution in [3.05, 3.63) is 53.1 Å². The molecule has 2 heterocycles. The number of benzene rings is 1. The van der Waals surface area contributed by atoms with Crippen molar-refractivity contribution in [2.45, 2.75) is 30.4 Å². The van der Waals surface area contributed by atoms with Gasteiger partial charge in [0.2, 0.25) is 9.84 Å². The fourth-order valence-electron chi connectivity index (χ4n) is 2.66. The van der Waals surface area contributed by atoms with Crippen molar-refractivity contribution in [1.29, 1.82) is 0 Å². The first-order valence-corrected chi connectivity index (χ1v) is 7.84. The van der Waals surface area contributed by atoms with Gasteiger partial charge in [-0.15, -0.1) is 0 Å². The van der Waals surface area contributed by atoms with Crippen LogP contribution in [0.1, 0.15) is 13.8 Å². The van der Waals surface area contributed by atoms with Gasteiger partial charge in [0.25, 0.3) is 0 Å². The lowest BCUT2D eigenvalue weighted by molar-refractivity contribution is 0.0779. The highest BCUT2D eigenvalue weighted by Gasteiger charge is 2.49. The average Bonchev–Trinajstić information content (AvgIpc) is 2.70. The van der Waals surface area contributed by atoms with Crippen LogP contribution < -0.4 is 0 Å². The van der Waals surface area contributed by atoms with Crippen molar-refractivity contribution >= 4 is 16.1 Å². The largest absolute Gasteiger partial charge is 0.484 e. The van der Waals surface area contributed by atoms with Crippen LogP contribution in [-0.2, 0) is 14.6 Å². The molecule has 104 valence electrons. The number of ether oxygens (including phenoxy) is 1. The van der Waals surface area contributed by atoms with Gasteiger partial charge in [0.1, 0.15) is 16.7 Å². The molecule has 0 aromatic heterocycles. The fourth-order valence-corrected chi connectivity index (χ4v) is 4.44. The van der Waals surface area contributed by atoms with E-state index in [0.29, 0.717) is 5.76 Å². The molecule has 0 aliphatic carbocycles. The normalized spacial score (nSPS) is 28.4. The van der Waals surface area contributed by atoms with E-state index in [1.54, 1.807) is 49.5 Å². The molecule has 2 aliphatic heterocycles. The second kappa shape index (κ2) is 4.31. The van der Waals surface area contributed by atoms with Crippen molar-refractivity contribution in [3.8, 4) is 0 Å². The smallest absolute Gasteiger partial charge is 0.208 e. The van der Waals surface area contributed by atoms with Gasteiger partial charge in [-0.2, -0.15) is 0 Å². The number of nitrogens with zero attached hydrogens (tertiary/aromatic N) is 1. The highest BCUT2D eigenvalue weighted by molar-refractivity contribution is 7.95. The summed E-state index contributed by atoms with van der Waals surface area (Å²) in [7, 11) is -3.59. The Morgan fingerprint density at radius 2 is 1.95 bits per heavy atom. The molecule has 2 aliphatic rings. The summed E-state index contributed by atoms with van der Waals surface area (Å²) in [5, 5.41) is 0. The van der Waals surface area contributed by atoms with Crippen molar-refractivity contribution in [3.63, 3.8) is 0 Å². The quantitative estimate of drug-likeness (QED) is 0.840. The zero-order valence-corrected chi connectivity index (χ0v) is 12.1. The summed E-state index contributed by atoms with van der Waals surface area (Å²) in [6, 6.07) is 7.87. The molecule has 20 heavy (non-hydrogen) atoms. The van der Waals surface area contributed by atoms with Crippen molar-refractivity contribution in [2.75, 3.05) is 0 Å². The van der Waals surface area contributed by atoms with Gasteiger partial charge in [-0.25, -0.2) is 8.42 Å². The number of hydrogen-bond acceptors (Lipinski definition) is 4. The predicted molar refractivity (Wildman–Crippen MR) is 77.2 cm³/mol. The lowest BCUT2D eigenvalue weighted by atomic mass is 9.96. The Hall–Kier alpha value is -1.88. The van der Waals surface area contributed by atoms with Gasteiger partial charge in [-0.05, 0) is 38.1 Å². The molecule has 0 N–H and O–H groups in total. The van der Waals surface area contributed by atoms with E-state index < -0.39 is 21.5 Å². The van der Waals surface area contributed by atoms with E-state index in [4.69, 9.17) is 4.74 Å². The molecular weight excluding hydrogens is 274 g/mol. The van der Waals surface area contributed by atoms with Crippen molar-refractivity contribution in [2.24, 2.45) is 4.99 Å². The molecule has 0 bridgehead atoms. The molecule has 3 rings (SSSR count). The first kappa shape index (κ1) is 13.1. The molecular formula is C15H15NO3S. The summed E-state index contributed by atoms with van der Waals surface area (Å²) in [5.41, 5.74) is -0.712. The van der Waals surface area contributed by atoms with Crippen LogP contribution in [0.5, 0.6) is 0 Å². The number of aliphatic imine (C=N–C) groups is 1. The Morgan fingerprint density at radius 3 is 2.65 bits per heavy atom. The first-order valence-electron chi connectivity index (χ1n) is 6.36. The van der Waals surface area contributed by atoms with Gasteiger partial charge in [0, 0.05) is 6.21 Å². The third-order valence-electron chi connectivity index (χ3n) is 3.60. The Kier molecular flexibility index (Phi) is 2.83. The topological polar surface area (TPSA) is 55.7 Å². The van der Waals surface area contributed by atoms with Crippen molar-refractivity contribution in [1.82, 2.24) is 0 Å². The summed E-state index contributed by atoms with van der Waals surface area (Å²) >= 11 is 0. The molecule has 5 heteroatoms. The van der Waals surface area contributed by atoms with Gasteiger partial charge in [-0.3, -0.25) is 4.99 Å². The van der Waals surface area contributed by atoms with Crippen LogP contribution in [0.25, 0.3) is 0 Å². The maximum absolute atomic E-state index is 12.8. The molecule has 2 atom stereocenters. The minimum atomic E-state index is -3.59. The maximum Gasteiger partial charge on any atom is 0.208 e. The van der Waals surface area contributed by atoms with Crippen LogP contribution >= 0.6 is 0 Å². The van der Waals surface area contributed by atoms with E-state index in [1.807, 2.05) is 13.0 Å². The van der Waals surface area contributed by atoms with Gasteiger partial charge < -0.3 is 4.74 Å². The Balaban J connectivity index is 2.13. The lowest BCUT2D eigenvalue weighted by Gasteiger charge is -2.28. The molecule has 1 aromatic rings. The summed E-state index contributed by atoms with van der Waals surface area (Å²) < 4.78 is 31.4. The predicted octanol–water partition coefficient (Wildman–Crippen LogP) is 2.49. The summed E-state index contributed by atoms with van der Waals surface area (Å²) in [6.45, 7) is 3.53. The van der Waals surface area contributed by atoms with Gasteiger partial charge in [0.05, 0.1) is 4.90 Å². The zero-order valence-electron chi connectivity index (χ0n) is 11.3. The van der Waals surface area contributed by atoms with E-state index in [1.165, 1.54) is 0 Å². The van der Waals surface area contributed by atoms with E-state index in [2.05, 4.69) is 4.99 Å². The molecule has 0 radical (unpaired) electrons. The Labute approximate surface area is 118 Å². The Bertz CT molecular complexity index is 732. The first-order chi connectivity index (χ1) is 9.45. The van der Waals surface area contributed by atoms with Crippen LogP contribution in [0.3, 0.4) is 0 Å². The molecule has 0 unspecified atom stereocenters. The molecule has 0 fully saturated rings. The minimum Gasteiger partial charge on any atom is -0.484 e. The number of dihydropyridines is 1. The van der Waals surface area contributed by atoms with Crippen LogP contribution in [0.4, 0.5) is 0 Å². The van der Waals surface area contributed by atoms with Crippen LogP contribution in [0, 0.1) is 0 Å². The number of rotatable bonds is 2. The SMILES string of the molecule is CC1=C(S(=O)(=O)c2ccccc2)[C@@H]2N=CC=C[C@]2(C)O1. The monoisotopic (exact) mass is 289 g/mol. The van der Waals surface area contributed by atoms with E-state index >= 15 is 0 Å². The molecule has 0 saturated carbocycles. The highest BCUT2D eigenvalue weighted by Crippen LogP contribution is 2.42. The number of allylic oxidation sites excluding steroid dienone is 2. The second-order valence-corrected chi connectivity index (χ2v) is 7.00. The molecule has 0 spiro atoms. The maximum atomic E-state index is 12.8. The number of hydrogen-bond donors (Lipinski definition) is 0. The molecule has 0 saturated heterocycles. The van der Waals surface area contributed by atoms with Crippen LogP contribution in [0.2, 0.25) is 0 Å². The summed E-state index contributed by atoms with van der Waals surface area (Å²) in [5.74, 6) is 0.421. The summed E-state index contributed by atoms with van der Waals surface area (Å²) in [6.07, 6.45) is 5.25. The van der Waals surface area contributed by atoms with Crippen LogP contribution in [0.15, 0.2) is 63.0 Å². The molecule has 0 amide bonds. The van der Waals surface area contributed by atoms with E-state index in [0.717, 1.165) is 0 Å². The van der Waals surface area contributed by atoms with E-state index in [9.17, 15) is 8.42 Å². The fraction of sp³-hybridized carbons (Fsp3) is 0.267. The molecule has 4 nitrogen and oxygen atoms in total. The number of sulfone groups is 1. The average molecular weight is 289 g/mol. The van der Waals surface area contributed by atoms with E-state index in [-0.39, 0.29) is 9.80 Å². The second-order valence-electron chi connectivity index (χ2n) is 5.08. The van der Waals surface area contributed by atoms with Gasteiger partial charge in [0.15, 0.2) is 5.60 Å². The van der Waals surface area contributed by atoms with Crippen molar-refractivity contribution < 1.29 is 13.2 Å². The third-order valence-corrected chi connectivity index (χ3v) is 5.59. The third kappa shape index (κ3) is 1.81. The standard InChI is InChI=1S/C15H15NO3S/c1-11-13(14-15(2,19-11)9-6-10-16-14)20(17,18)12-7-4-3-5-8-12/h3-10,14H,1-2H3/t14-,15-/m0/s1. The van der Waals surface area contributed by atoms with Crippen LogP contribution in [-0.4, -0.2) is 26.3 Å².